The topological polar surface area (TPSA) is 66.5 Å². The third kappa shape index (κ3) is 4.66. The molecule has 1 N–H and O–H groups in total. The van der Waals surface area contributed by atoms with Gasteiger partial charge in [-0.05, 0) is 54.8 Å². The molecule has 1 fully saturated rings. The van der Waals surface area contributed by atoms with E-state index in [1.54, 1.807) is 24.3 Å². The summed E-state index contributed by atoms with van der Waals surface area (Å²) in [6.07, 6.45) is 1.91. The summed E-state index contributed by atoms with van der Waals surface area (Å²) in [7, 11) is -3.87. The molecule has 0 saturated carbocycles. The van der Waals surface area contributed by atoms with Crippen molar-refractivity contribution in [2.24, 2.45) is 0 Å². The highest BCUT2D eigenvalue weighted by atomic mass is 35.5. The van der Waals surface area contributed by atoms with Gasteiger partial charge in [0.05, 0.1) is 4.90 Å². The zero-order valence-corrected chi connectivity index (χ0v) is 16.1. The minimum atomic E-state index is -3.87. The van der Waals surface area contributed by atoms with E-state index in [9.17, 15) is 17.6 Å². The highest BCUT2D eigenvalue weighted by molar-refractivity contribution is 7.89. The van der Waals surface area contributed by atoms with Gasteiger partial charge in [-0.1, -0.05) is 30.2 Å². The number of rotatable bonds is 5. The fourth-order valence-electron chi connectivity index (χ4n) is 3.11. The smallest absolute Gasteiger partial charge is 0.243 e. The number of amides is 1. The van der Waals surface area contributed by atoms with E-state index in [1.165, 1.54) is 16.4 Å². The van der Waals surface area contributed by atoms with Crippen LogP contribution >= 0.6 is 11.6 Å². The number of carbonyl (C=O) groups excluding carboxylic acids is 1. The van der Waals surface area contributed by atoms with Crippen LogP contribution in [0.25, 0.3) is 0 Å². The lowest BCUT2D eigenvalue weighted by atomic mass is 10.0. The van der Waals surface area contributed by atoms with Crippen LogP contribution in [0.4, 0.5) is 4.39 Å². The van der Waals surface area contributed by atoms with E-state index in [-0.39, 0.29) is 23.9 Å². The van der Waals surface area contributed by atoms with E-state index in [2.05, 4.69) is 5.32 Å². The second-order valence-corrected chi connectivity index (χ2v) is 8.75. The number of carbonyl (C=O) groups is 1. The first kappa shape index (κ1) is 19.8. The van der Waals surface area contributed by atoms with Crippen molar-refractivity contribution in [1.29, 1.82) is 0 Å². The molecule has 0 aromatic heterocycles. The summed E-state index contributed by atoms with van der Waals surface area (Å²) in [4.78, 5) is 12.7. The van der Waals surface area contributed by atoms with E-state index in [0.29, 0.717) is 17.9 Å². The van der Waals surface area contributed by atoms with E-state index in [1.807, 2.05) is 0 Å². The molecule has 0 aliphatic carbocycles. The van der Waals surface area contributed by atoms with Gasteiger partial charge in [0, 0.05) is 18.1 Å². The van der Waals surface area contributed by atoms with Gasteiger partial charge in [0.2, 0.25) is 15.9 Å². The Morgan fingerprint density at radius 1 is 1.11 bits per heavy atom. The van der Waals surface area contributed by atoms with Crippen molar-refractivity contribution >= 4 is 27.5 Å². The Morgan fingerprint density at radius 3 is 2.44 bits per heavy atom. The summed E-state index contributed by atoms with van der Waals surface area (Å²) in [6.45, 7) is 0.551. The van der Waals surface area contributed by atoms with Crippen molar-refractivity contribution in [2.75, 3.05) is 6.54 Å². The molecule has 144 valence electrons. The first-order chi connectivity index (χ1) is 12.9. The van der Waals surface area contributed by atoms with Gasteiger partial charge in [-0.25, -0.2) is 12.8 Å². The molecule has 0 unspecified atom stereocenters. The zero-order valence-electron chi connectivity index (χ0n) is 14.6. The van der Waals surface area contributed by atoms with Crippen molar-refractivity contribution in [2.45, 2.75) is 36.7 Å². The molecular weight excluding hydrogens is 391 g/mol. The van der Waals surface area contributed by atoms with Crippen LogP contribution in [0.2, 0.25) is 5.02 Å². The Hall–Kier alpha value is -1.96. The Morgan fingerprint density at radius 2 is 1.78 bits per heavy atom. The summed E-state index contributed by atoms with van der Waals surface area (Å²) in [6, 6.07) is 10.9. The summed E-state index contributed by atoms with van der Waals surface area (Å²) in [5.74, 6) is -0.847. The molecule has 27 heavy (non-hydrogen) atoms. The van der Waals surface area contributed by atoms with Crippen molar-refractivity contribution in [3.05, 3.63) is 64.9 Å². The maximum absolute atomic E-state index is 13.1. The molecule has 1 saturated heterocycles. The monoisotopic (exact) mass is 410 g/mol. The molecule has 5 nitrogen and oxygen atoms in total. The number of sulfonamides is 1. The van der Waals surface area contributed by atoms with E-state index < -0.39 is 21.9 Å². The van der Waals surface area contributed by atoms with Crippen molar-refractivity contribution in [3.63, 3.8) is 0 Å². The molecule has 0 radical (unpaired) electrons. The molecule has 3 rings (SSSR count). The number of hydrogen-bond acceptors (Lipinski definition) is 3. The number of nitrogens with one attached hydrogen (secondary N) is 1. The van der Waals surface area contributed by atoms with Crippen LogP contribution < -0.4 is 5.32 Å². The van der Waals surface area contributed by atoms with Crippen LogP contribution in [0.5, 0.6) is 0 Å². The van der Waals surface area contributed by atoms with Crippen LogP contribution in [0.3, 0.4) is 0 Å². The lowest BCUT2D eigenvalue weighted by molar-refractivity contribution is -0.125. The minimum absolute atomic E-state index is 0.0127. The second-order valence-electron chi connectivity index (χ2n) is 6.43. The first-order valence-electron chi connectivity index (χ1n) is 8.67. The first-order valence-corrected chi connectivity index (χ1v) is 10.5. The van der Waals surface area contributed by atoms with Crippen molar-refractivity contribution in [1.82, 2.24) is 9.62 Å². The molecule has 8 heteroatoms. The van der Waals surface area contributed by atoms with Gasteiger partial charge < -0.3 is 5.32 Å². The van der Waals surface area contributed by atoms with Gasteiger partial charge in [-0.3, -0.25) is 4.79 Å². The van der Waals surface area contributed by atoms with Crippen LogP contribution in [0.1, 0.15) is 24.8 Å². The molecular formula is C19H20ClFN2O3S. The predicted octanol–water partition coefficient (Wildman–Crippen LogP) is 3.34. The summed E-state index contributed by atoms with van der Waals surface area (Å²) in [5, 5.41) is 3.41. The molecule has 1 aliphatic rings. The number of hydrogen-bond donors (Lipinski definition) is 1. The van der Waals surface area contributed by atoms with E-state index in [0.717, 1.165) is 24.1 Å². The quantitative estimate of drug-likeness (QED) is 0.822. The molecule has 1 aliphatic heterocycles. The van der Waals surface area contributed by atoms with Gasteiger partial charge in [-0.15, -0.1) is 0 Å². The maximum atomic E-state index is 13.1. The summed E-state index contributed by atoms with van der Waals surface area (Å²) >= 11 is 5.85. The molecule has 2 aromatic carbocycles. The number of halogens is 2. The highest BCUT2D eigenvalue weighted by Crippen LogP contribution is 2.26. The number of nitrogens with zero attached hydrogens (tertiary/aromatic N) is 1. The number of piperidine rings is 1. The van der Waals surface area contributed by atoms with Crippen LogP contribution in [0.15, 0.2) is 53.4 Å². The van der Waals surface area contributed by atoms with Gasteiger partial charge >= 0.3 is 0 Å². The highest BCUT2D eigenvalue weighted by Gasteiger charge is 2.37. The maximum Gasteiger partial charge on any atom is 0.243 e. The molecule has 2 aromatic rings. The zero-order chi connectivity index (χ0) is 19.4. The predicted molar refractivity (Wildman–Crippen MR) is 101 cm³/mol. The number of benzene rings is 2. The van der Waals surface area contributed by atoms with Gasteiger partial charge in [0.1, 0.15) is 11.9 Å². The summed E-state index contributed by atoms with van der Waals surface area (Å²) in [5.41, 5.74) is 0.872. The Bertz CT molecular complexity index is 902. The Kier molecular flexibility index (Phi) is 6.14. The SMILES string of the molecule is O=C(NCc1ccc(Cl)cc1)[C@@H]1CCCCN1S(=O)(=O)c1ccc(F)cc1. The lowest BCUT2D eigenvalue weighted by Crippen LogP contribution is -2.51. The van der Waals surface area contributed by atoms with Gasteiger partial charge in [-0.2, -0.15) is 4.31 Å². The lowest BCUT2D eigenvalue weighted by Gasteiger charge is -2.33. The molecule has 1 atom stereocenters. The largest absolute Gasteiger partial charge is 0.351 e. The summed E-state index contributed by atoms with van der Waals surface area (Å²) < 4.78 is 40.2. The fraction of sp³-hybridized carbons (Fsp3) is 0.316. The molecule has 0 bridgehead atoms. The molecule has 1 amide bonds. The van der Waals surface area contributed by atoms with E-state index in [4.69, 9.17) is 11.6 Å². The van der Waals surface area contributed by atoms with Gasteiger partial charge in [0.15, 0.2) is 0 Å². The molecule has 1 heterocycles. The van der Waals surface area contributed by atoms with E-state index >= 15 is 0 Å². The Balaban J connectivity index is 1.75. The normalized spacial score (nSPS) is 18.2. The molecule has 0 spiro atoms. The third-order valence-electron chi connectivity index (χ3n) is 4.56. The minimum Gasteiger partial charge on any atom is -0.351 e. The van der Waals surface area contributed by atoms with Crippen LogP contribution in [-0.2, 0) is 21.4 Å². The van der Waals surface area contributed by atoms with Crippen molar-refractivity contribution < 1.29 is 17.6 Å². The Labute approximate surface area is 163 Å². The third-order valence-corrected chi connectivity index (χ3v) is 6.73. The van der Waals surface area contributed by atoms with Crippen LogP contribution in [-0.4, -0.2) is 31.2 Å². The average Bonchev–Trinajstić information content (AvgIpc) is 2.67. The van der Waals surface area contributed by atoms with Gasteiger partial charge in [0.25, 0.3) is 0 Å². The average molecular weight is 411 g/mol. The van der Waals surface area contributed by atoms with Crippen molar-refractivity contribution in [3.8, 4) is 0 Å². The fourth-order valence-corrected chi connectivity index (χ4v) is 4.89. The standard InChI is InChI=1S/C19H20ClFN2O3S/c20-15-6-4-14(5-7-15)13-22-19(24)18-3-1-2-12-23(18)27(25,26)17-10-8-16(21)9-11-17/h4-11,18H,1-3,12-13H2,(H,22,24)/t18-/m0/s1. The second kappa shape index (κ2) is 8.37. The van der Waals surface area contributed by atoms with Crippen LogP contribution in [0, 0.1) is 5.82 Å².